The molecule has 0 aromatic heterocycles. The Morgan fingerprint density at radius 1 is 1.58 bits per heavy atom. The lowest BCUT2D eigenvalue weighted by Gasteiger charge is -2.19. The molecule has 2 unspecified atom stereocenters. The van der Waals surface area contributed by atoms with E-state index in [4.69, 9.17) is 9.47 Å². The lowest BCUT2D eigenvalue weighted by atomic mass is 10.1. The van der Waals surface area contributed by atoms with Gasteiger partial charge >= 0.3 is 5.97 Å². The fourth-order valence-electron chi connectivity index (χ4n) is 2.29. The van der Waals surface area contributed by atoms with Gasteiger partial charge in [-0.2, -0.15) is 0 Å². The third-order valence-corrected chi connectivity index (χ3v) is 3.27. The molecule has 1 aliphatic rings. The summed E-state index contributed by atoms with van der Waals surface area (Å²) in [6.07, 6.45) is 2.13. The van der Waals surface area contributed by atoms with Gasteiger partial charge in [0.2, 0.25) is 0 Å². The van der Waals surface area contributed by atoms with Crippen LogP contribution in [0.25, 0.3) is 0 Å². The van der Waals surface area contributed by atoms with Crippen LogP contribution >= 0.6 is 0 Å². The van der Waals surface area contributed by atoms with E-state index in [1.54, 1.807) is 12.1 Å². The molecule has 5 nitrogen and oxygen atoms in total. The Morgan fingerprint density at radius 2 is 2.37 bits per heavy atom. The highest BCUT2D eigenvalue weighted by molar-refractivity contribution is 5.76. The number of methoxy groups -OCH3 is 1. The largest absolute Gasteiger partial charge is 0.496 e. The summed E-state index contributed by atoms with van der Waals surface area (Å²) in [7, 11) is 1.54. The smallest absolute Gasteiger partial charge is 0.325 e. The van der Waals surface area contributed by atoms with Gasteiger partial charge in [-0.05, 0) is 18.9 Å². The molecule has 2 N–H and O–H groups in total. The number of hydrogen-bond acceptors (Lipinski definition) is 4. The van der Waals surface area contributed by atoms with Crippen LogP contribution in [0, 0.1) is 0 Å². The van der Waals surface area contributed by atoms with E-state index in [0.717, 1.165) is 19.4 Å². The Labute approximate surface area is 112 Å². The van der Waals surface area contributed by atoms with Crippen molar-refractivity contribution in [1.82, 2.24) is 5.32 Å². The number of ether oxygens (including phenoxy) is 2. The lowest BCUT2D eigenvalue weighted by molar-refractivity contribution is -0.139. The SMILES string of the molecule is COc1ccccc1C(NCC1CCCO1)C(=O)O. The number of benzene rings is 1. The summed E-state index contributed by atoms with van der Waals surface area (Å²) in [6.45, 7) is 1.30. The Morgan fingerprint density at radius 3 is 3.00 bits per heavy atom. The average Bonchev–Trinajstić information content (AvgIpc) is 2.92. The quantitative estimate of drug-likeness (QED) is 0.817. The fraction of sp³-hybridized carbons (Fsp3) is 0.500. The highest BCUT2D eigenvalue weighted by atomic mass is 16.5. The van der Waals surface area contributed by atoms with E-state index >= 15 is 0 Å². The van der Waals surface area contributed by atoms with E-state index < -0.39 is 12.0 Å². The van der Waals surface area contributed by atoms with Crippen molar-refractivity contribution < 1.29 is 19.4 Å². The van der Waals surface area contributed by atoms with Gasteiger partial charge in [0.1, 0.15) is 11.8 Å². The van der Waals surface area contributed by atoms with Crippen molar-refractivity contribution in [3.63, 3.8) is 0 Å². The first-order valence-electron chi connectivity index (χ1n) is 6.43. The molecule has 19 heavy (non-hydrogen) atoms. The van der Waals surface area contributed by atoms with Crippen LogP contribution in [0.3, 0.4) is 0 Å². The molecular formula is C14H19NO4. The third-order valence-electron chi connectivity index (χ3n) is 3.27. The zero-order valence-electron chi connectivity index (χ0n) is 11.0. The number of carboxylic acid groups (broad SMARTS) is 1. The molecule has 1 aromatic carbocycles. The maximum Gasteiger partial charge on any atom is 0.325 e. The number of nitrogens with one attached hydrogen (secondary N) is 1. The second kappa shape index (κ2) is 6.54. The van der Waals surface area contributed by atoms with Gasteiger partial charge in [0, 0.05) is 18.7 Å². The van der Waals surface area contributed by atoms with Crippen LogP contribution in [0.15, 0.2) is 24.3 Å². The Bertz CT molecular complexity index is 429. The maximum atomic E-state index is 11.4. The molecule has 1 aliphatic heterocycles. The van der Waals surface area contributed by atoms with Gasteiger partial charge in [-0.3, -0.25) is 10.1 Å². The summed E-state index contributed by atoms with van der Waals surface area (Å²) in [5, 5.41) is 12.4. The van der Waals surface area contributed by atoms with Crippen LogP contribution in [0.4, 0.5) is 0 Å². The van der Waals surface area contributed by atoms with E-state index in [1.807, 2.05) is 12.1 Å². The van der Waals surface area contributed by atoms with Crippen LogP contribution < -0.4 is 10.1 Å². The van der Waals surface area contributed by atoms with Crippen molar-refractivity contribution in [2.75, 3.05) is 20.3 Å². The van der Waals surface area contributed by atoms with Crippen molar-refractivity contribution in [3.8, 4) is 5.75 Å². The van der Waals surface area contributed by atoms with Gasteiger partial charge in [-0.25, -0.2) is 0 Å². The molecule has 0 spiro atoms. The number of aliphatic carboxylic acids is 1. The minimum Gasteiger partial charge on any atom is -0.496 e. The summed E-state index contributed by atoms with van der Waals surface area (Å²) in [5.74, 6) is -0.336. The number of rotatable bonds is 6. The van der Waals surface area contributed by atoms with Crippen molar-refractivity contribution in [1.29, 1.82) is 0 Å². The standard InChI is InChI=1S/C14H19NO4/c1-18-12-7-3-2-6-11(12)13(14(16)17)15-9-10-5-4-8-19-10/h2-3,6-7,10,13,15H,4-5,8-9H2,1H3,(H,16,17). The fourth-order valence-corrected chi connectivity index (χ4v) is 2.29. The van der Waals surface area contributed by atoms with Crippen molar-refractivity contribution >= 4 is 5.97 Å². The average molecular weight is 265 g/mol. The molecule has 0 aliphatic carbocycles. The molecule has 1 fully saturated rings. The summed E-state index contributed by atoms with van der Waals surface area (Å²) in [4.78, 5) is 11.4. The zero-order valence-corrected chi connectivity index (χ0v) is 11.0. The molecule has 0 saturated carbocycles. The normalized spacial score (nSPS) is 20.2. The van der Waals surface area contributed by atoms with Gasteiger partial charge in [0.15, 0.2) is 0 Å². The summed E-state index contributed by atoms with van der Waals surface area (Å²) >= 11 is 0. The van der Waals surface area contributed by atoms with E-state index in [-0.39, 0.29) is 6.10 Å². The minimum atomic E-state index is -0.914. The summed E-state index contributed by atoms with van der Waals surface area (Å²) in [5.41, 5.74) is 0.635. The van der Waals surface area contributed by atoms with E-state index in [9.17, 15) is 9.90 Å². The first-order chi connectivity index (χ1) is 9.22. The van der Waals surface area contributed by atoms with Crippen LogP contribution in [0.5, 0.6) is 5.75 Å². The number of para-hydroxylation sites is 1. The second-order valence-corrected chi connectivity index (χ2v) is 4.56. The van der Waals surface area contributed by atoms with E-state index in [0.29, 0.717) is 17.9 Å². The first kappa shape index (κ1) is 13.8. The second-order valence-electron chi connectivity index (χ2n) is 4.56. The molecule has 0 amide bonds. The number of carboxylic acids is 1. The predicted octanol–water partition coefficient (Wildman–Crippen LogP) is 1.59. The summed E-state index contributed by atoms with van der Waals surface area (Å²) in [6, 6.07) is 6.38. The van der Waals surface area contributed by atoms with Gasteiger partial charge in [-0.15, -0.1) is 0 Å². The van der Waals surface area contributed by atoms with Crippen molar-refractivity contribution in [2.45, 2.75) is 25.0 Å². The zero-order chi connectivity index (χ0) is 13.7. The molecule has 0 radical (unpaired) electrons. The topological polar surface area (TPSA) is 67.8 Å². The molecule has 5 heteroatoms. The highest BCUT2D eigenvalue weighted by Gasteiger charge is 2.25. The van der Waals surface area contributed by atoms with Crippen LogP contribution in [-0.4, -0.2) is 37.4 Å². The highest BCUT2D eigenvalue weighted by Crippen LogP contribution is 2.25. The van der Waals surface area contributed by atoms with Gasteiger partial charge < -0.3 is 14.6 Å². The molecular weight excluding hydrogens is 246 g/mol. The van der Waals surface area contributed by atoms with E-state index in [1.165, 1.54) is 7.11 Å². The van der Waals surface area contributed by atoms with Crippen LogP contribution in [0.2, 0.25) is 0 Å². The third kappa shape index (κ3) is 3.45. The monoisotopic (exact) mass is 265 g/mol. The molecule has 1 heterocycles. The Hall–Kier alpha value is -1.59. The van der Waals surface area contributed by atoms with Crippen LogP contribution in [-0.2, 0) is 9.53 Å². The number of hydrogen-bond donors (Lipinski definition) is 2. The summed E-state index contributed by atoms with van der Waals surface area (Å²) < 4.78 is 10.7. The predicted molar refractivity (Wildman–Crippen MR) is 70.3 cm³/mol. The Balaban J connectivity index is 2.08. The van der Waals surface area contributed by atoms with Gasteiger partial charge in [0.05, 0.1) is 13.2 Å². The molecule has 0 bridgehead atoms. The molecule has 1 aromatic rings. The first-order valence-corrected chi connectivity index (χ1v) is 6.43. The molecule has 2 atom stereocenters. The lowest BCUT2D eigenvalue weighted by Crippen LogP contribution is -2.34. The maximum absolute atomic E-state index is 11.4. The van der Waals surface area contributed by atoms with Crippen molar-refractivity contribution in [2.24, 2.45) is 0 Å². The van der Waals surface area contributed by atoms with Gasteiger partial charge in [-0.1, -0.05) is 18.2 Å². The van der Waals surface area contributed by atoms with Gasteiger partial charge in [0.25, 0.3) is 0 Å². The number of carbonyl (C=O) groups is 1. The molecule has 2 rings (SSSR count). The van der Waals surface area contributed by atoms with Crippen LogP contribution in [0.1, 0.15) is 24.4 Å². The van der Waals surface area contributed by atoms with E-state index in [2.05, 4.69) is 5.32 Å². The minimum absolute atomic E-state index is 0.108. The van der Waals surface area contributed by atoms with Crippen molar-refractivity contribution in [3.05, 3.63) is 29.8 Å². The Kier molecular flexibility index (Phi) is 4.76. The molecule has 1 saturated heterocycles. The molecule has 104 valence electrons.